The summed E-state index contributed by atoms with van der Waals surface area (Å²) in [4.78, 5) is 12.4. The van der Waals surface area contributed by atoms with Crippen LogP contribution in [0.3, 0.4) is 0 Å². The van der Waals surface area contributed by atoms with Gasteiger partial charge in [0.05, 0.1) is 0 Å². The average Bonchev–Trinajstić information content (AvgIpc) is 3.04. The van der Waals surface area contributed by atoms with Crippen LogP contribution in [-0.2, 0) is 11.2 Å². The highest BCUT2D eigenvalue weighted by molar-refractivity contribution is 5.84. The van der Waals surface area contributed by atoms with Gasteiger partial charge in [-0.1, -0.05) is 54.1 Å². The van der Waals surface area contributed by atoms with E-state index in [1.54, 1.807) is 0 Å². The largest absolute Gasteiger partial charge is 0.351 e. The van der Waals surface area contributed by atoms with Crippen LogP contribution in [-0.4, -0.2) is 11.9 Å². The highest BCUT2D eigenvalue weighted by atomic mass is 16.2. The number of benzene rings is 2. The maximum Gasteiger partial charge on any atom is 0.241 e. The summed E-state index contributed by atoms with van der Waals surface area (Å²) in [6, 6.07) is 16.1. The minimum absolute atomic E-state index is 0.0688. The van der Waals surface area contributed by atoms with Crippen LogP contribution in [0.2, 0.25) is 0 Å². The van der Waals surface area contributed by atoms with E-state index in [4.69, 9.17) is 5.73 Å². The molecule has 1 fully saturated rings. The van der Waals surface area contributed by atoms with Crippen molar-refractivity contribution in [2.24, 2.45) is 11.7 Å². The molecule has 0 saturated heterocycles. The van der Waals surface area contributed by atoms with Gasteiger partial charge in [0.25, 0.3) is 0 Å². The maximum absolute atomic E-state index is 12.4. The summed E-state index contributed by atoms with van der Waals surface area (Å²) in [6.45, 7) is 2.03. The monoisotopic (exact) mass is 292 g/mol. The van der Waals surface area contributed by atoms with Gasteiger partial charge in [-0.15, -0.1) is 0 Å². The fourth-order valence-electron chi connectivity index (χ4n) is 3.73. The second-order valence-corrected chi connectivity index (χ2v) is 6.52. The molecule has 22 heavy (non-hydrogen) atoms. The molecule has 2 aliphatic rings. The Hall–Kier alpha value is -2.13. The molecule has 2 aromatic carbocycles. The molecule has 112 valence electrons. The van der Waals surface area contributed by atoms with Gasteiger partial charge >= 0.3 is 0 Å². The van der Waals surface area contributed by atoms with Gasteiger partial charge in [0.2, 0.25) is 5.91 Å². The molecule has 3 N–H and O–H groups in total. The standard InChI is InChI=1S/C19H20N2O/c1-11-6-8-12(9-7-11)17(20)19(22)21-18-15-10-13-4-2-3-5-14(13)16(15)18/h2-9,15-18H,10,20H2,1H3,(H,21,22). The van der Waals surface area contributed by atoms with Crippen LogP contribution in [0.4, 0.5) is 0 Å². The zero-order valence-corrected chi connectivity index (χ0v) is 12.6. The maximum atomic E-state index is 12.4. The Morgan fingerprint density at radius 1 is 1.18 bits per heavy atom. The molecule has 1 saturated carbocycles. The van der Waals surface area contributed by atoms with E-state index < -0.39 is 6.04 Å². The molecule has 2 aromatic rings. The van der Waals surface area contributed by atoms with Gasteiger partial charge in [-0.25, -0.2) is 0 Å². The van der Waals surface area contributed by atoms with Crippen LogP contribution in [0.25, 0.3) is 0 Å². The van der Waals surface area contributed by atoms with E-state index in [-0.39, 0.29) is 11.9 Å². The van der Waals surface area contributed by atoms with Crippen LogP contribution in [0.1, 0.15) is 34.2 Å². The summed E-state index contributed by atoms with van der Waals surface area (Å²) in [5.74, 6) is 0.984. The SMILES string of the molecule is Cc1ccc(C(N)C(=O)NC2C3Cc4ccccc4C32)cc1. The van der Waals surface area contributed by atoms with Crippen molar-refractivity contribution in [3.8, 4) is 0 Å². The highest BCUT2D eigenvalue weighted by Gasteiger charge is 2.56. The van der Waals surface area contributed by atoms with Crippen molar-refractivity contribution < 1.29 is 4.79 Å². The average molecular weight is 292 g/mol. The van der Waals surface area contributed by atoms with Gasteiger partial charge in [0, 0.05) is 12.0 Å². The smallest absolute Gasteiger partial charge is 0.241 e. The molecule has 0 aromatic heterocycles. The molecule has 4 rings (SSSR count). The first-order chi connectivity index (χ1) is 10.6. The second-order valence-electron chi connectivity index (χ2n) is 6.52. The third-order valence-electron chi connectivity index (χ3n) is 5.07. The van der Waals surface area contributed by atoms with Crippen molar-refractivity contribution in [2.45, 2.75) is 31.3 Å². The Kier molecular flexibility index (Phi) is 3.05. The minimum Gasteiger partial charge on any atom is -0.351 e. The van der Waals surface area contributed by atoms with E-state index in [9.17, 15) is 4.79 Å². The molecule has 3 nitrogen and oxygen atoms in total. The van der Waals surface area contributed by atoms with Gasteiger partial charge < -0.3 is 11.1 Å². The first-order valence-corrected chi connectivity index (χ1v) is 7.85. The first-order valence-electron chi connectivity index (χ1n) is 7.85. The highest BCUT2D eigenvalue weighted by Crippen LogP contribution is 2.56. The summed E-state index contributed by atoms with van der Waals surface area (Å²) in [5.41, 5.74) is 11.0. The molecule has 0 heterocycles. The molecule has 4 atom stereocenters. The van der Waals surface area contributed by atoms with E-state index in [1.165, 1.54) is 16.7 Å². The molecule has 0 bridgehead atoms. The van der Waals surface area contributed by atoms with Crippen molar-refractivity contribution in [1.82, 2.24) is 5.32 Å². The number of carbonyl (C=O) groups is 1. The first kappa shape index (κ1) is 13.5. The van der Waals surface area contributed by atoms with Crippen molar-refractivity contribution in [3.05, 3.63) is 70.8 Å². The molecule has 4 unspecified atom stereocenters. The molecule has 3 heteroatoms. The number of fused-ring (bicyclic) bond motifs is 3. The fraction of sp³-hybridized carbons (Fsp3) is 0.316. The number of amides is 1. The number of hydrogen-bond donors (Lipinski definition) is 2. The van der Waals surface area contributed by atoms with Gasteiger partial charge in [-0.05, 0) is 36.0 Å². The number of hydrogen-bond acceptors (Lipinski definition) is 2. The zero-order chi connectivity index (χ0) is 15.3. The minimum atomic E-state index is -0.586. The Balaban J connectivity index is 1.43. The molecule has 0 aliphatic heterocycles. The van der Waals surface area contributed by atoms with Crippen molar-refractivity contribution in [3.63, 3.8) is 0 Å². The van der Waals surface area contributed by atoms with Gasteiger partial charge in [0.15, 0.2) is 0 Å². The third-order valence-corrected chi connectivity index (χ3v) is 5.07. The van der Waals surface area contributed by atoms with E-state index in [0.29, 0.717) is 11.8 Å². The Bertz CT molecular complexity index is 722. The summed E-state index contributed by atoms with van der Waals surface area (Å²) in [6.07, 6.45) is 1.07. The molecular formula is C19H20N2O. The van der Waals surface area contributed by atoms with E-state index in [0.717, 1.165) is 12.0 Å². The quantitative estimate of drug-likeness (QED) is 0.913. The van der Waals surface area contributed by atoms with E-state index in [2.05, 4.69) is 29.6 Å². The molecule has 2 aliphatic carbocycles. The Morgan fingerprint density at radius 3 is 2.68 bits per heavy atom. The summed E-state index contributed by atoms with van der Waals surface area (Å²) < 4.78 is 0. The fourth-order valence-corrected chi connectivity index (χ4v) is 3.73. The Labute approximate surface area is 130 Å². The number of nitrogens with two attached hydrogens (primary N) is 1. The van der Waals surface area contributed by atoms with Crippen molar-refractivity contribution in [2.75, 3.05) is 0 Å². The molecule has 0 radical (unpaired) electrons. The number of aryl methyl sites for hydroxylation is 1. The third kappa shape index (κ3) is 2.13. The van der Waals surface area contributed by atoms with Crippen molar-refractivity contribution >= 4 is 5.91 Å². The predicted octanol–water partition coefficient (Wildman–Crippen LogP) is 2.45. The van der Waals surface area contributed by atoms with Gasteiger partial charge in [-0.3, -0.25) is 4.79 Å². The molecule has 1 amide bonds. The lowest BCUT2D eigenvalue weighted by Gasteiger charge is -2.14. The summed E-state index contributed by atoms with van der Waals surface area (Å²) in [5, 5.41) is 3.15. The van der Waals surface area contributed by atoms with Crippen LogP contribution >= 0.6 is 0 Å². The van der Waals surface area contributed by atoms with Crippen LogP contribution in [0.5, 0.6) is 0 Å². The second kappa shape index (κ2) is 4.96. The zero-order valence-electron chi connectivity index (χ0n) is 12.6. The summed E-state index contributed by atoms with van der Waals surface area (Å²) >= 11 is 0. The number of nitrogens with one attached hydrogen (secondary N) is 1. The number of carbonyl (C=O) groups excluding carboxylic acids is 1. The lowest BCUT2D eigenvalue weighted by molar-refractivity contribution is -0.122. The van der Waals surface area contributed by atoms with Gasteiger partial charge in [-0.2, -0.15) is 0 Å². The van der Waals surface area contributed by atoms with E-state index >= 15 is 0 Å². The van der Waals surface area contributed by atoms with Crippen LogP contribution < -0.4 is 11.1 Å². The van der Waals surface area contributed by atoms with Crippen LogP contribution in [0, 0.1) is 12.8 Å². The molecular weight excluding hydrogens is 272 g/mol. The number of rotatable bonds is 3. The van der Waals surface area contributed by atoms with Gasteiger partial charge in [0.1, 0.15) is 6.04 Å². The lowest BCUT2D eigenvalue weighted by atomic mass is 10.0. The summed E-state index contributed by atoms with van der Waals surface area (Å²) in [7, 11) is 0. The van der Waals surface area contributed by atoms with Crippen molar-refractivity contribution in [1.29, 1.82) is 0 Å². The molecule has 0 spiro atoms. The van der Waals surface area contributed by atoms with Crippen LogP contribution in [0.15, 0.2) is 48.5 Å². The predicted molar refractivity (Wildman–Crippen MR) is 86.4 cm³/mol. The normalized spacial score (nSPS) is 26.0. The Morgan fingerprint density at radius 2 is 1.91 bits per heavy atom. The van der Waals surface area contributed by atoms with E-state index in [1.807, 2.05) is 31.2 Å². The lowest BCUT2D eigenvalue weighted by Crippen LogP contribution is -2.37. The topological polar surface area (TPSA) is 55.1 Å².